The number of fused-ring (bicyclic) bond motifs is 1. The number of nitrogens with zero attached hydrogens (tertiary/aromatic N) is 2. The lowest BCUT2D eigenvalue weighted by atomic mass is 9.79. The van der Waals surface area contributed by atoms with Gasteiger partial charge < -0.3 is 20.2 Å². The molecule has 0 bridgehead atoms. The average molecular weight is 471 g/mol. The van der Waals surface area contributed by atoms with Crippen LogP contribution in [0.3, 0.4) is 0 Å². The van der Waals surface area contributed by atoms with Crippen LogP contribution in [0, 0.1) is 23.0 Å². The number of alkyl halides is 3. The molecule has 1 saturated heterocycles. The summed E-state index contributed by atoms with van der Waals surface area (Å²) in [6, 6.07) is 3.90. The molecule has 0 radical (unpaired) electrons. The molecule has 3 heterocycles. The first-order chi connectivity index (χ1) is 15.4. The van der Waals surface area contributed by atoms with Crippen LogP contribution in [-0.4, -0.2) is 46.3 Å². The first kappa shape index (κ1) is 24.4. The number of rotatable bonds is 3. The number of benzene rings is 1. The van der Waals surface area contributed by atoms with E-state index in [0.29, 0.717) is 11.2 Å². The first-order valence-corrected chi connectivity index (χ1v) is 9.77. The van der Waals surface area contributed by atoms with Gasteiger partial charge in [0.15, 0.2) is 17.2 Å². The molecular formula is C21H22F5N5O2. The summed E-state index contributed by atoms with van der Waals surface area (Å²) in [5.74, 6) is -4.45. The van der Waals surface area contributed by atoms with Gasteiger partial charge in [-0.1, -0.05) is 13.0 Å². The second-order valence-electron chi connectivity index (χ2n) is 7.67. The van der Waals surface area contributed by atoms with Crippen molar-refractivity contribution in [1.82, 2.24) is 15.0 Å². The fraction of sp³-hybridized carbons (Fsp3) is 0.381. The second kappa shape index (κ2) is 8.93. The van der Waals surface area contributed by atoms with Gasteiger partial charge in [0, 0.05) is 23.6 Å². The van der Waals surface area contributed by atoms with E-state index in [1.165, 1.54) is 13.0 Å². The van der Waals surface area contributed by atoms with Crippen molar-refractivity contribution in [3.8, 4) is 5.75 Å². The molecule has 12 heteroatoms. The highest BCUT2D eigenvalue weighted by Gasteiger charge is 2.61. The molecule has 178 valence electrons. The molecule has 2 aromatic heterocycles. The number of nitrogens with two attached hydrogens (primary N) is 1. The van der Waals surface area contributed by atoms with Crippen molar-refractivity contribution in [2.24, 2.45) is 11.7 Å². The van der Waals surface area contributed by atoms with Crippen molar-refractivity contribution in [3.63, 3.8) is 0 Å². The topological polar surface area (TPSA) is 110 Å². The molecule has 3 aromatic rings. The number of ether oxygens (including phenoxy) is 2. The lowest BCUT2D eigenvalue weighted by molar-refractivity contribution is -0.266. The number of methoxy groups -OCH3 is 1. The second-order valence-corrected chi connectivity index (χ2v) is 7.67. The first-order valence-electron chi connectivity index (χ1n) is 9.77. The Labute approximate surface area is 185 Å². The van der Waals surface area contributed by atoms with Gasteiger partial charge in [-0.3, -0.25) is 10.4 Å². The van der Waals surface area contributed by atoms with E-state index in [4.69, 9.17) is 20.6 Å². The lowest BCUT2D eigenvalue weighted by Crippen LogP contribution is -2.46. The Kier molecular flexibility index (Phi) is 6.59. The minimum Gasteiger partial charge on any atom is -0.493 e. The SMILES string of the molecule is COc1c(C2CO[C@@](C)(C(F)(F)F)C2C)ccc(F)c1F.N=C(N)c1nccc2[nH]cnc12. The Morgan fingerprint density at radius 3 is 2.55 bits per heavy atom. The Morgan fingerprint density at radius 1 is 1.27 bits per heavy atom. The van der Waals surface area contributed by atoms with E-state index in [1.54, 1.807) is 18.6 Å². The molecule has 3 atom stereocenters. The van der Waals surface area contributed by atoms with E-state index in [-0.39, 0.29) is 23.8 Å². The van der Waals surface area contributed by atoms with Gasteiger partial charge in [0.1, 0.15) is 17.0 Å². The zero-order chi connectivity index (χ0) is 24.6. The summed E-state index contributed by atoms with van der Waals surface area (Å²) in [7, 11) is 1.14. The number of pyridine rings is 1. The van der Waals surface area contributed by atoms with Crippen LogP contribution in [0.5, 0.6) is 5.75 Å². The van der Waals surface area contributed by atoms with Crippen molar-refractivity contribution >= 4 is 16.9 Å². The van der Waals surface area contributed by atoms with Gasteiger partial charge in [-0.05, 0) is 19.1 Å². The van der Waals surface area contributed by atoms with E-state index in [2.05, 4.69) is 15.0 Å². The number of imidazole rings is 1. The molecule has 1 aliphatic heterocycles. The van der Waals surface area contributed by atoms with Crippen LogP contribution in [0.25, 0.3) is 11.0 Å². The molecule has 4 rings (SSSR count). The maximum atomic E-state index is 13.7. The maximum absolute atomic E-state index is 13.7. The van der Waals surface area contributed by atoms with Gasteiger partial charge in [0.2, 0.25) is 5.82 Å². The monoisotopic (exact) mass is 471 g/mol. The van der Waals surface area contributed by atoms with Gasteiger partial charge in [0.05, 0.1) is 25.6 Å². The third-order valence-electron chi connectivity index (χ3n) is 5.88. The molecule has 1 aromatic carbocycles. The van der Waals surface area contributed by atoms with Crippen LogP contribution in [-0.2, 0) is 4.74 Å². The van der Waals surface area contributed by atoms with E-state index >= 15 is 0 Å². The molecule has 0 aliphatic carbocycles. The Bertz CT molecular complexity index is 1170. The quantitative estimate of drug-likeness (QED) is 0.300. The summed E-state index contributed by atoms with van der Waals surface area (Å²) in [5.41, 5.74) is 5.07. The number of halogens is 5. The minimum absolute atomic E-state index is 0.0623. The molecule has 1 aliphatic rings. The summed E-state index contributed by atoms with van der Waals surface area (Å²) in [5, 5.41) is 7.22. The van der Waals surface area contributed by atoms with E-state index in [9.17, 15) is 22.0 Å². The van der Waals surface area contributed by atoms with Crippen LogP contribution in [0.4, 0.5) is 22.0 Å². The number of hydrogen-bond acceptors (Lipinski definition) is 5. The predicted molar refractivity (Wildman–Crippen MR) is 110 cm³/mol. The molecule has 0 amide bonds. The van der Waals surface area contributed by atoms with E-state index in [1.807, 2.05) is 0 Å². The average Bonchev–Trinajstić information content (AvgIpc) is 3.35. The molecule has 4 N–H and O–H groups in total. The van der Waals surface area contributed by atoms with Gasteiger partial charge in [0.25, 0.3) is 0 Å². The Hall–Kier alpha value is -3.28. The molecule has 2 unspecified atom stereocenters. The highest BCUT2D eigenvalue weighted by molar-refractivity contribution is 6.03. The fourth-order valence-corrected chi connectivity index (χ4v) is 3.73. The summed E-state index contributed by atoms with van der Waals surface area (Å²) < 4.78 is 76.0. The third-order valence-corrected chi connectivity index (χ3v) is 5.88. The molecule has 7 nitrogen and oxygen atoms in total. The number of hydrogen-bond donors (Lipinski definition) is 3. The minimum atomic E-state index is -4.55. The summed E-state index contributed by atoms with van der Waals surface area (Å²) in [6.07, 6.45) is -1.40. The van der Waals surface area contributed by atoms with Crippen molar-refractivity contribution < 1.29 is 31.4 Å². The highest BCUT2D eigenvalue weighted by Crippen LogP contribution is 2.51. The molecule has 0 saturated carbocycles. The molecule has 1 fully saturated rings. The Balaban J connectivity index is 0.000000215. The zero-order valence-corrected chi connectivity index (χ0v) is 17.9. The summed E-state index contributed by atoms with van der Waals surface area (Å²) >= 11 is 0. The number of nitrogens with one attached hydrogen (secondary N) is 2. The van der Waals surface area contributed by atoms with Crippen LogP contribution in [0.1, 0.15) is 31.0 Å². The lowest BCUT2D eigenvalue weighted by Gasteiger charge is -2.32. The number of H-pyrrole nitrogens is 1. The Morgan fingerprint density at radius 2 is 1.97 bits per heavy atom. The van der Waals surface area contributed by atoms with Crippen molar-refractivity contribution in [1.29, 1.82) is 5.41 Å². The normalized spacial score (nSPS) is 22.7. The van der Waals surface area contributed by atoms with E-state index in [0.717, 1.165) is 25.6 Å². The van der Waals surface area contributed by atoms with Crippen molar-refractivity contribution in [2.75, 3.05) is 13.7 Å². The van der Waals surface area contributed by atoms with Crippen molar-refractivity contribution in [3.05, 3.63) is 53.6 Å². The summed E-state index contributed by atoms with van der Waals surface area (Å²) in [4.78, 5) is 10.9. The fourth-order valence-electron chi connectivity index (χ4n) is 3.73. The summed E-state index contributed by atoms with van der Waals surface area (Å²) in [6.45, 7) is 2.11. The molecule has 0 spiro atoms. The number of nitrogen functional groups attached to an aromatic ring is 1. The maximum Gasteiger partial charge on any atom is 0.417 e. The zero-order valence-electron chi connectivity index (χ0n) is 17.9. The third kappa shape index (κ3) is 4.34. The van der Waals surface area contributed by atoms with Crippen LogP contribution in [0.2, 0.25) is 0 Å². The number of amidine groups is 1. The van der Waals surface area contributed by atoms with Gasteiger partial charge in [-0.15, -0.1) is 0 Å². The van der Waals surface area contributed by atoms with E-state index < -0.39 is 35.2 Å². The standard InChI is InChI=1S/C14H15F5O2.C7H7N5/c1-7-9(6-21-13(7,2)14(17,18)19)8-4-5-10(15)11(16)12(8)20-3;8-7(9)6-5-4(1-2-10-6)11-3-12-5/h4-5,7,9H,6H2,1-3H3;1-3H,(H3,8,9)(H,11,12)/t7?,9?,13-;/m1./s1. The molecule has 33 heavy (non-hydrogen) atoms. The largest absolute Gasteiger partial charge is 0.493 e. The van der Waals surface area contributed by atoms with Crippen LogP contribution < -0.4 is 10.5 Å². The van der Waals surface area contributed by atoms with Gasteiger partial charge in [-0.2, -0.15) is 17.6 Å². The van der Waals surface area contributed by atoms with Gasteiger partial charge in [-0.25, -0.2) is 9.37 Å². The van der Waals surface area contributed by atoms with Crippen LogP contribution in [0.15, 0.2) is 30.7 Å². The number of aromatic amines is 1. The molecular weight excluding hydrogens is 449 g/mol. The highest BCUT2D eigenvalue weighted by atomic mass is 19.4. The number of aromatic nitrogens is 3. The smallest absolute Gasteiger partial charge is 0.417 e. The van der Waals surface area contributed by atoms with Crippen LogP contribution >= 0.6 is 0 Å². The van der Waals surface area contributed by atoms with Gasteiger partial charge >= 0.3 is 6.18 Å². The predicted octanol–water partition coefficient (Wildman–Crippen LogP) is 4.29. The van der Waals surface area contributed by atoms with Crippen molar-refractivity contribution in [2.45, 2.75) is 31.5 Å².